The van der Waals surface area contributed by atoms with Gasteiger partial charge in [-0.1, -0.05) is 46.3 Å². The third-order valence-corrected chi connectivity index (χ3v) is 4.58. The second kappa shape index (κ2) is 4.84. The third kappa shape index (κ3) is 2.09. The van der Waals surface area contributed by atoms with E-state index in [1.165, 1.54) is 15.6 Å². The van der Waals surface area contributed by atoms with Gasteiger partial charge in [-0.15, -0.1) is 11.3 Å². The lowest BCUT2D eigenvalue weighted by Crippen LogP contribution is -2.11. The Morgan fingerprint density at radius 2 is 1.78 bits per heavy atom. The van der Waals surface area contributed by atoms with Gasteiger partial charge in [0, 0.05) is 9.17 Å². The summed E-state index contributed by atoms with van der Waals surface area (Å²) < 4.78 is 2.36. The quantitative estimate of drug-likeness (QED) is 0.727. The molecule has 0 aliphatic carbocycles. The smallest absolute Gasteiger partial charge is 0.0565 e. The summed E-state index contributed by atoms with van der Waals surface area (Å²) >= 11 is 5.20. The van der Waals surface area contributed by atoms with E-state index in [-0.39, 0.29) is 6.04 Å². The van der Waals surface area contributed by atoms with Crippen molar-refractivity contribution in [1.29, 1.82) is 0 Å². The fraction of sp³-hybridized carbons (Fsp3) is 0.0667. The SMILES string of the molecule is NC(c1ccc(Br)cc1)c1cccc2ccsc12. The number of halogens is 1. The molecular weight excluding hydrogens is 306 g/mol. The van der Waals surface area contributed by atoms with Gasteiger partial charge in [0.1, 0.15) is 0 Å². The highest BCUT2D eigenvalue weighted by molar-refractivity contribution is 9.10. The Kier molecular flexibility index (Phi) is 3.20. The molecule has 0 saturated carbocycles. The molecule has 1 unspecified atom stereocenters. The van der Waals surface area contributed by atoms with Gasteiger partial charge in [0.2, 0.25) is 0 Å². The summed E-state index contributed by atoms with van der Waals surface area (Å²) in [7, 11) is 0. The van der Waals surface area contributed by atoms with E-state index < -0.39 is 0 Å². The minimum Gasteiger partial charge on any atom is -0.320 e. The van der Waals surface area contributed by atoms with Crippen LogP contribution in [0.25, 0.3) is 10.1 Å². The molecule has 0 radical (unpaired) electrons. The van der Waals surface area contributed by atoms with E-state index in [1.807, 2.05) is 12.1 Å². The average molecular weight is 318 g/mol. The lowest BCUT2D eigenvalue weighted by molar-refractivity contribution is 0.882. The van der Waals surface area contributed by atoms with Crippen molar-refractivity contribution in [3.8, 4) is 0 Å². The van der Waals surface area contributed by atoms with Gasteiger partial charge in [0.15, 0.2) is 0 Å². The van der Waals surface area contributed by atoms with Crippen molar-refractivity contribution in [3.63, 3.8) is 0 Å². The minimum absolute atomic E-state index is 0.0690. The summed E-state index contributed by atoms with van der Waals surface area (Å²) in [4.78, 5) is 0. The molecule has 1 aromatic heterocycles. The molecule has 2 aromatic carbocycles. The number of hydrogen-bond acceptors (Lipinski definition) is 2. The Hall–Kier alpha value is -1.16. The van der Waals surface area contributed by atoms with Crippen LogP contribution in [0.5, 0.6) is 0 Å². The topological polar surface area (TPSA) is 26.0 Å². The molecule has 0 spiro atoms. The molecule has 0 amide bonds. The zero-order valence-electron chi connectivity index (χ0n) is 9.64. The van der Waals surface area contributed by atoms with Gasteiger partial charge in [-0.05, 0) is 40.1 Å². The summed E-state index contributed by atoms with van der Waals surface area (Å²) in [5, 5.41) is 3.38. The van der Waals surface area contributed by atoms with Crippen molar-refractivity contribution in [1.82, 2.24) is 0 Å². The van der Waals surface area contributed by atoms with Crippen LogP contribution in [0.4, 0.5) is 0 Å². The number of hydrogen-bond donors (Lipinski definition) is 1. The number of fused-ring (bicyclic) bond motifs is 1. The van der Waals surface area contributed by atoms with Gasteiger partial charge in [-0.3, -0.25) is 0 Å². The van der Waals surface area contributed by atoms with Crippen molar-refractivity contribution in [2.75, 3.05) is 0 Å². The van der Waals surface area contributed by atoms with Crippen molar-refractivity contribution >= 4 is 37.4 Å². The van der Waals surface area contributed by atoms with Crippen LogP contribution in [-0.2, 0) is 0 Å². The van der Waals surface area contributed by atoms with Gasteiger partial charge in [-0.25, -0.2) is 0 Å². The molecule has 0 bridgehead atoms. The van der Waals surface area contributed by atoms with Crippen LogP contribution in [-0.4, -0.2) is 0 Å². The van der Waals surface area contributed by atoms with Crippen molar-refractivity contribution in [2.45, 2.75) is 6.04 Å². The van der Waals surface area contributed by atoms with Gasteiger partial charge in [-0.2, -0.15) is 0 Å². The lowest BCUT2D eigenvalue weighted by Gasteiger charge is -2.13. The monoisotopic (exact) mass is 317 g/mol. The molecular formula is C15H12BrNS. The molecule has 2 N–H and O–H groups in total. The summed E-state index contributed by atoms with van der Waals surface area (Å²) in [5.74, 6) is 0. The van der Waals surface area contributed by atoms with Crippen LogP contribution >= 0.6 is 27.3 Å². The molecule has 1 atom stereocenters. The maximum atomic E-state index is 6.38. The Morgan fingerprint density at radius 1 is 1.00 bits per heavy atom. The maximum absolute atomic E-state index is 6.38. The van der Waals surface area contributed by atoms with Crippen LogP contribution in [0.3, 0.4) is 0 Å². The summed E-state index contributed by atoms with van der Waals surface area (Å²) in [6.45, 7) is 0. The van der Waals surface area contributed by atoms with Crippen molar-refractivity contribution in [3.05, 3.63) is 69.5 Å². The number of benzene rings is 2. The molecule has 1 nitrogen and oxygen atoms in total. The molecule has 0 aliphatic heterocycles. The fourth-order valence-corrected chi connectivity index (χ4v) is 3.33. The Balaban J connectivity index is 2.08. The minimum atomic E-state index is -0.0690. The molecule has 0 saturated heterocycles. The standard InChI is InChI=1S/C15H12BrNS/c16-12-6-4-10(5-7-12)14(17)13-3-1-2-11-8-9-18-15(11)13/h1-9,14H,17H2. The summed E-state index contributed by atoms with van der Waals surface area (Å²) in [6.07, 6.45) is 0. The zero-order valence-corrected chi connectivity index (χ0v) is 12.0. The van der Waals surface area contributed by atoms with Gasteiger partial charge in [0.25, 0.3) is 0 Å². The molecule has 18 heavy (non-hydrogen) atoms. The van der Waals surface area contributed by atoms with Crippen molar-refractivity contribution < 1.29 is 0 Å². The second-order valence-corrected chi connectivity index (χ2v) is 6.05. The maximum Gasteiger partial charge on any atom is 0.0565 e. The van der Waals surface area contributed by atoms with E-state index in [2.05, 4.69) is 57.7 Å². The Bertz CT molecular complexity index is 672. The third-order valence-electron chi connectivity index (χ3n) is 3.07. The highest BCUT2D eigenvalue weighted by Gasteiger charge is 2.12. The van der Waals surface area contributed by atoms with E-state index in [1.54, 1.807) is 11.3 Å². The highest BCUT2D eigenvalue weighted by Crippen LogP contribution is 2.31. The lowest BCUT2D eigenvalue weighted by atomic mass is 9.99. The Morgan fingerprint density at radius 3 is 2.56 bits per heavy atom. The summed E-state index contributed by atoms with van der Waals surface area (Å²) in [6, 6.07) is 16.6. The summed E-state index contributed by atoms with van der Waals surface area (Å²) in [5.41, 5.74) is 8.72. The zero-order chi connectivity index (χ0) is 12.5. The van der Waals surface area contributed by atoms with Gasteiger partial charge >= 0.3 is 0 Å². The van der Waals surface area contributed by atoms with E-state index in [0.29, 0.717) is 0 Å². The first-order valence-corrected chi connectivity index (χ1v) is 7.40. The average Bonchev–Trinajstić information content (AvgIpc) is 2.87. The van der Waals surface area contributed by atoms with Crippen LogP contribution in [0.15, 0.2) is 58.4 Å². The first-order chi connectivity index (χ1) is 8.75. The fourth-order valence-electron chi connectivity index (χ4n) is 2.11. The molecule has 90 valence electrons. The molecule has 0 fully saturated rings. The number of rotatable bonds is 2. The highest BCUT2D eigenvalue weighted by atomic mass is 79.9. The first-order valence-electron chi connectivity index (χ1n) is 5.73. The molecule has 3 aromatic rings. The van der Waals surface area contributed by atoms with Crippen LogP contribution in [0.2, 0.25) is 0 Å². The van der Waals surface area contributed by atoms with Gasteiger partial charge < -0.3 is 5.73 Å². The van der Waals surface area contributed by atoms with Crippen molar-refractivity contribution in [2.24, 2.45) is 5.73 Å². The molecule has 0 aliphatic rings. The predicted molar refractivity (Wildman–Crippen MR) is 82.0 cm³/mol. The molecule has 3 rings (SSSR count). The molecule has 3 heteroatoms. The predicted octanol–water partition coefficient (Wildman–Crippen LogP) is 4.71. The molecule has 1 heterocycles. The van der Waals surface area contributed by atoms with E-state index >= 15 is 0 Å². The van der Waals surface area contributed by atoms with E-state index in [9.17, 15) is 0 Å². The number of nitrogens with two attached hydrogens (primary N) is 1. The second-order valence-electron chi connectivity index (χ2n) is 4.22. The normalized spacial score (nSPS) is 12.8. The number of thiophene rings is 1. The Labute approximate surface area is 118 Å². The van der Waals surface area contributed by atoms with Gasteiger partial charge in [0.05, 0.1) is 6.04 Å². The van der Waals surface area contributed by atoms with Crippen LogP contribution < -0.4 is 5.73 Å². The van der Waals surface area contributed by atoms with Crippen LogP contribution in [0, 0.1) is 0 Å². The van der Waals surface area contributed by atoms with E-state index in [0.717, 1.165) is 10.0 Å². The first kappa shape index (κ1) is 11.9. The van der Waals surface area contributed by atoms with Crippen LogP contribution in [0.1, 0.15) is 17.2 Å². The largest absolute Gasteiger partial charge is 0.320 e. The van der Waals surface area contributed by atoms with E-state index in [4.69, 9.17) is 5.73 Å².